The maximum Gasteiger partial charge on any atom is 0.257 e. The molecule has 18 heavy (non-hydrogen) atoms. The van der Waals surface area contributed by atoms with Crippen molar-refractivity contribution in [2.24, 2.45) is 0 Å². The number of piperidine rings is 1. The van der Waals surface area contributed by atoms with E-state index in [-0.39, 0.29) is 17.9 Å². The molecule has 0 spiro atoms. The van der Waals surface area contributed by atoms with E-state index >= 15 is 0 Å². The maximum absolute atomic E-state index is 13.9. The normalized spacial score (nSPS) is 19.7. The average Bonchev–Trinajstić information content (AvgIpc) is 2.38. The fraction of sp³-hybridized carbons (Fsp3) is 0.462. The average molecular weight is 253 g/mol. The molecule has 1 saturated heterocycles. The van der Waals surface area contributed by atoms with Gasteiger partial charge in [-0.1, -0.05) is 6.07 Å². The van der Waals surface area contributed by atoms with E-state index in [0.717, 1.165) is 6.42 Å². The predicted octanol–water partition coefficient (Wildman–Crippen LogP) is 1.43. The summed E-state index contributed by atoms with van der Waals surface area (Å²) in [6.45, 7) is 0.808. The van der Waals surface area contributed by atoms with Gasteiger partial charge in [-0.25, -0.2) is 4.39 Å². The van der Waals surface area contributed by atoms with Gasteiger partial charge in [0.25, 0.3) is 5.91 Å². The Labute approximate surface area is 105 Å². The molecular formula is C13H16FNO3. The number of methoxy groups -OCH3 is 1. The number of hydrogen-bond acceptors (Lipinski definition) is 3. The zero-order valence-electron chi connectivity index (χ0n) is 10.2. The fourth-order valence-corrected chi connectivity index (χ4v) is 2.14. The van der Waals surface area contributed by atoms with E-state index < -0.39 is 17.8 Å². The SMILES string of the molecule is COc1cccc(C(=O)N2CCCC(O)C2)c1F. The van der Waals surface area contributed by atoms with Gasteiger partial charge in [0, 0.05) is 13.1 Å². The summed E-state index contributed by atoms with van der Waals surface area (Å²) in [5.41, 5.74) is -0.0107. The molecule has 0 aromatic heterocycles. The third-order valence-electron chi connectivity index (χ3n) is 3.10. The van der Waals surface area contributed by atoms with Crippen molar-refractivity contribution in [1.82, 2.24) is 4.90 Å². The molecule has 1 aliphatic rings. The highest BCUT2D eigenvalue weighted by molar-refractivity contribution is 5.95. The third kappa shape index (κ3) is 2.46. The second-order valence-electron chi connectivity index (χ2n) is 4.37. The van der Waals surface area contributed by atoms with E-state index in [1.165, 1.54) is 24.1 Å². The molecule has 1 unspecified atom stereocenters. The van der Waals surface area contributed by atoms with Crippen molar-refractivity contribution in [2.75, 3.05) is 20.2 Å². The topological polar surface area (TPSA) is 49.8 Å². The Morgan fingerprint density at radius 2 is 2.33 bits per heavy atom. The minimum atomic E-state index is -0.648. The zero-order chi connectivity index (χ0) is 13.1. The van der Waals surface area contributed by atoms with Crippen LogP contribution in [0.1, 0.15) is 23.2 Å². The summed E-state index contributed by atoms with van der Waals surface area (Å²) in [5.74, 6) is -0.992. The highest BCUT2D eigenvalue weighted by Gasteiger charge is 2.25. The summed E-state index contributed by atoms with van der Waals surface area (Å²) < 4.78 is 18.8. The van der Waals surface area contributed by atoms with E-state index in [0.29, 0.717) is 13.0 Å². The van der Waals surface area contributed by atoms with Crippen LogP contribution in [0.5, 0.6) is 5.75 Å². The molecule has 98 valence electrons. The van der Waals surface area contributed by atoms with Crippen molar-refractivity contribution in [3.8, 4) is 5.75 Å². The van der Waals surface area contributed by atoms with Crippen molar-refractivity contribution >= 4 is 5.91 Å². The van der Waals surface area contributed by atoms with Crippen LogP contribution in [0, 0.1) is 5.82 Å². The zero-order valence-corrected chi connectivity index (χ0v) is 10.2. The number of halogens is 1. The van der Waals surface area contributed by atoms with Crippen molar-refractivity contribution in [3.05, 3.63) is 29.6 Å². The van der Waals surface area contributed by atoms with Crippen LogP contribution in [-0.4, -0.2) is 42.2 Å². The first kappa shape index (κ1) is 12.8. The van der Waals surface area contributed by atoms with Gasteiger partial charge in [-0.05, 0) is 25.0 Å². The summed E-state index contributed by atoms with van der Waals surface area (Å²) in [6.07, 6.45) is 0.902. The fourth-order valence-electron chi connectivity index (χ4n) is 2.14. The number of carbonyl (C=O) groups excluding carboxylic acids is 1. The number of β-amino-alcohol motifs (C(OH)–C–C–N with tert-alkyl or cyclic N) is 1. The first-order chi connectivity index (χ1) is 8.63. The van der Waals surface area contributed by atoms with E-state index in [4.69, 9.17) is 4.74 Å². The highest BCUT2D eigenvalue weighted by atomic mass is 19.1. The number of aliphatic hydroxyl groups is 1. The Kier molecular flexibility index (Phi) is 3.81. The lowest BCUT2D eigenvalue weighted by atomic mass is 10.1. The number of likely N-dealkylation sites (tertiary alicyclic amines) is 1. The molecule has 1 fully saturated rings. The minimum absolute atomic E-state index is 0.0107. The van der Waals surface area contributed by atoms with Crippen molar-refractivity contribution in [2.45, 2.75) is 18.9 Å². The number of nitrogens with zero attached hydrogens (tertiary/aromatic N) is 1. The molecular weight excluding hydrogens is 237 g/mol. The molecule has 1 aliphatic heterocycles. The first-order valence-corrected chi connectivity index (χ1v) is 5.93. The van der Waals surface area contributed by atoms with E-state index in [1.807, 2.05) is 0 Å². The molecule has 0 radical (unpaired) electrons. The Bertz CT molecular complexity index is 450. The number of benzene rings is 1. The number of aliphatic hydroxyl groups excluding tert-OH is 1. The molecule has 1 aromatic carbocycles. The molecule has 1 aromatic rings. The van der Waals surface area contributed by atoms with Crippen LogP contribution < -0.4 is 4.74 Å². The third-order valence-corrected chi connectivity index (χ3v) is 3.10. The lowest BCUT2D eigenvalue weighted by Crippen LogP contribution is -2.42. The summed E-state index contributed by atoms with van der Waals surface area (Å²) >= 11 is 0. The molecule has 1 heterocycles. The molecule has 2 rings (SSSR count). The first-order valence-electron chi connectivity index (χ1n) is 5.93. The van der Waals surface area contributed by atoms with Crippen LogP contribution in [0.25, 0.3) is 0 Å². The number of amides is 1. The van der Waals surface area contributed by atoms with Gasteiger partial charge in [-0.3, -0.25) is 4.79 Å². The second kappa shape index (κ2) is 5.35. The van der Waals surface area contributed by atoms with Crippen molar-refractivity contribution in [1.29, 1.82) is 0 Å². The standard InChI is InChI=1S/C13H16FNO3/c1-18-11-6-2-5-10(12(11)14)13(17)15-7-3-4-9(16)8-15/h2,5-6,9,16H,3-4,7-8H2,1H3. The Balaban J connectivity index is 2.23. The second-order valence-corrected chi connectivity index (χ2v) is 4.37. The molecule has 1 N–H and O–H groups in total. The molecule has 4 nitrogen and oxygen atoms in total. The summed E-state index contributed by atoms with van der Waals surface area (Å²) in [5, 5.41) is 9.53. The van der Waals surface area contributed by atoms with Crippen LogP contribution in [0.4, 0.5) is 4.39 Å². The Morgan fingerprint density at radius 1 is 1.56 bits per heavy atom. The summed E-state index contributed by atoms with van der Waals surface area (Å²) in [7, 11) is 1.36. The predicted molar refractivity (Wildman–Crippen MR) is 64.1 cm³/mol. The molecule has 5 heteroatoms. The van der Waals surface area contributed by atoms with Gasteiger partial charge in [0.1, 0.15) is 0 Å². The number of hydrogen-bond donors (Lipinski definition) is 1. The van der Waals surface area contributed by atoms with Gasteiger partial charge < -0.3 is 14.7 Å². The van der Waals surface area contributed by atoms with E-state index in [1.54, 1.807) is 6.07 Å². The molecule has 0 aliphatic carbocycles. The van der Waals surface area contributed by atoms with Crippen LogP contribution in [0.3, 0.4) is 0 Å². The minimum Gasteiger partial charge on any atom is -0.494 e. The smallest absolute Gasteiger partial charge is 0.257 e. The lowest BCUT2D eigenvalue weighted by Gasteiger charge is -2.30. The van der Waals surface area contributed by atoms with Crippen LogP contribution in [-0.2, 0) is 0 Å². The number of ether oxygens (including phenoxy) is 1. The quantitative estimate of drug-likeness (QED) is 0.867. The largest absolute Gasteiger partial charge is 0.494 e. The van der Waals surface area contributed by atoms with Crippen LogP contribution in [0.15, 0.2) is 18.2 Å². The Morgan fingerprint density at radius 3 is 3.00 bits per heavy atom. The maximum atomic E-state index is 13.9. The molecule has 0 bridgehead atoms. The summed E-state index contributed by atoms with van der Waals surface area (Å²) in [4.78, 5) is 13.6. The van der Waals surface area contributed by atoms with Crippen molar-refractivity contribution in [3.63, 3.8) is 0 Å². The van der Waals surface area contributed by atoms with Gasteiger partial charge in [0.15, 0.2) is 11.6 Å². The van der Waals surface area contributed by atoms with E-state index in [9.17, 15) is 14.3 Å². The number of rotatable bonds is 2. The van der Waals surface area contributed by atoms with Gasteiger partial charge in [-0.15, -0.1) is 0 Å². The van der Waals surface area contributed by atoms with Crippen LogP contribution >= 0.6 is 0 Å². The molecule has 0 saturated carbocycles. The van der Waals surface area contributed by atoms with Gasteiger partial charge >= 0.3 is 0 Å². The van der Waals surface area contributed by atoms with E-state index in [2.05, 4.69) is 0 Å². The van der Waals surface area contributed by atoms with Gasteiger partial charge in [0.05, 0.1) is 18.8 Å². The highest BCUT2D eigenvalue weighted by Crippen LogP contribution is 2.22. The van der Waals surface area contributed by atoms with Gasteiger partial charge in [-0.2, -0.15) is 0 Å². The van der Waals surface area contributed by atoms with Crippen molar-refractivity contribution < 1.29 is 19.0 Å². The lowest BCUT2D eigenvalue weighted by molar-refractivity contribution is 0.0469. The molecule has 1 atom stereocenters. The number of carbonyl (C=O) groups is 1. The Hall–Kier alpha value is -1.62. The van der Waals surface area contributed by atoms with Gasteiger partial charge in [0.2, 0.25) is 0 Å². The monoisotopic (exact) mass is 253 g/mol. The molecule has 1 amide bonds. The summed E-state index contributed by atoms with van der Waals surface area (Å²) in [6, 6.07) is 4.48. The van der Waals surface area contributed by atoms with Crippen LogP contribution in [0.2, 0.25) is 0 Å².